The van der Waals surface area contributed by atoms with Gasteiger partial charge in [-0.05, 0) is 67.2 Å². The molecule has 0 saturated heterocycles. The van der Waals surface area contributed by atoms with E-state index in [1.165, 1.54) is 32.1 Å². The molecule has 2 aliphatic rings. The maximum Gasteiger partial charge on any atom is 0.126 e. The monoisotopic (exact) mass is 338 g/mol. The lowest BCUT2D eigenvalue weighted by atomic mass is 10.00. The minimum atomic E-state index is 0.615. The van der Waals surface area contributed by atoms with Gasteiger partial charge in [-0.1, -0.05) is 38.2 Å². The molecular formula is C22H30N2O. The number of rotatable bonds is 5. The van der Waals surface area contributed by atoms with Gasteiger partial charge in [0.2, 0.25) is 0 Å². The Hall–Kier alpha value is -2.03. The van der Waals surface area contributed by atoms with Crippen molar-refractivity contribution in [1.29, 1.82) is 0 Å². The Morgan fingerprint density at radius 3 is 2.92 bits per heavy atom. The molecule has 2 N–H and O–H groups in total. The van der Waals surface area contributed by atoms with Gasteiger partial charge in [-0.2, -0.15) is 0 Å². The van der Waals surface area contributed by atoms with E-state index in [2.05, 4.69) is 37.6 Å². The number of allylic oxidation sites excluding steroid dienone is 2. The van der Waals surface area contributed by atoms with Crippen LogP contribution in [0.5, 0.6) is 5.75 Å². The Kier molecular flexibility index (Phi) is 5.62. The van der Waals surface area contributed by atoms with Gasteiger partial charge in [-0.25, -0.2) is 0 Å². The maximum atomic E-state index is 6.16. The van der Waals surface area contributed by atoms with Gasteiger partial charge in [0.1, 0.15) is 11.6 Å². The van der Waals surface area contributed by atoms with Crippen molar-refractivity contribution in [2.45, 2.75) is 52.5 Å². The molecular weight excluding hydrogens is 308 g/mol. The third kappa shape index (κ3) is 4.33. The highest BCUT2D eigenvalue weighted by Gasteiger charge is 2.19. The molecule has 1 saturated carbocycles. The minimum absolute atomic E-state index is 0.615. The van der Waals surface area contributed by atoms with Crippen LogP contribution < -0.4 is 10.5 Å². The second-order valence-electron chi connectivity index (χ2n) is 7.63. The predicted octanol–water partition coefficient (Wildman–Crippen LogP) is 5.09. The van der Waals surface area contributed by atoms with Crippen molar-refractivity contribution in [3.05, 3.63) is 47.1 Å². The third-order valence-electron chi connectivity index (χ3n) is 5.16. The summed E-state index contributed by atoms with van der Waals surface area (Å²) in [7, 11) is 0. The Morgan fingerprint density at radius 2 is 2.16 bits per heavy atom. The predicted molar refractivity (Wildman–Crippen MR) is 106 cm³/mol. The molecule has 0 amide bonds. The second kappa shape index (κ2) is 7.90. The molecule has 3 rings (SSSR count). The zero-order valence-electron chi connectivity index (χ0n) is 15.6. The van der Waals surface area contributed by atoms with E-state index in [9.17, 15) is 0 Å². The molecule has 134 valence electrons. The van der Waals surface area contributed by atoms with Crippen molar-refractivity contribution < 1.29 is 4.74 Å². The molecule has 1 aromatic rings. The van der Waals surface area contributed by atoms with Gasteiger partial charge >= 0.3 is 0 Å². The van der Waals surface area contributed by atoms with Crippen LogP contribution >= 0.6 is 0 Å². The van der Waals surface area contributed by atoms with Gasteiger partial charge in [0, 0.05) is 5.56 Å². The molecule has 1 atom stereocenters. The van der Waals surface area contributed by atoms with Crippen LogP contribution in [0.2, 0.25) is 0 Å². The van der Waals surface area contributed by atoms with Crippen LogP contribution in [0, 0.1) is 11.8 Å². The van der Waals surface area contributed by atoms with Gasteiger partial charge in [0.15, 0.2) is 0 Å². The lowest BCUT2D eigenvalue weighted by molar-refractivity contribution is 0.234. The molecule has 0 aromatic heterocycles. The largest absolute Gasteiger partial charge is 0.493 e. The van der Waals surface area contributed by atoms with E-state index in [1.54, 1.807) is 5.57 Å². The zero-order valence-corrected chi connectivity index (χ0v) is 15.6. The molecule has 3 heteroatoms. The summed E-state index contributed by atoms with van der Waals surface area (Å²) in [4.78, 5) is 4.33. The van der Waals surface area contributed by atoms with Crippen LogP contribution in [0.15, 0.2) is 35.4 Å². The van der Waals surface area contributed by atoms with E-state index in [0.717, 1.165) is 29.0 Å². The molecule has 1 aromatic carbocycles. The van der Waals surface area contributed by atoms with E-state index < -0.39 is 0 Å². The highest BCUT2D eigenvalue weighted by molar-refractivity contribution is 6.04. The zero-order chi connectivity index (χ0) is 17.8. The number of aliphatic imine (C=N–C) groups is 1. The number of amidine groups is 1. The first-order valence-corrected chi connectivity index (χ1v) is 9.49. The fourth-order valence-corrected chi connectivity index (χ4v) is 3.92. The van der Waals surface area contributed by atoms with E-state index >= 15 is 0 Å². The normalized spacial score (nSPS) is 21.8. The first-order chi connectivity index (χ1) is 12.1. The Morgan fingerprint density at radius 1 is 1.32 bits per heavy atom. The summed E-state index contributed by atoms with van der Waals surface area (Å²) in [5.74, 6) is 2.83. The average molecular weight is 338 g/mol. The summed E-state index contributed by atoms with van der Waals surface area (Å²) in [5.41, 5.74) is 10.8. The number of fused-ring (bicyclic) bond motifs is 1. The van der Waals surface area contributed by atoms with Gasteiger partial charge < -0.3 is 10.5 Å². The summed E-state index contributed by atoms with van der Waals surface area (Å²) >= 11 is 0. The van der Waals surface area contributed by atoms with Crippen molar-refractivity contribution in [1.82, 2.24) is 0 Å². The standard InChI is InChI=1S/C22H30N2O/c1-4-18-11-20(12-19-13-24-22(23)21(18)19)25-14-17-7-5-6-16(8-9-17)10-15(2)3/h4,10-12,15,17H,1,5-9,13-14H2,2-3H3,(H2,23,24)/b16-10-. The molecule has 25 heavy (non-hydrogen) atoms. The Labute approximate surface area is 151 Å². The van der Waals surface area contributed by atoms with Crippen molar-refractivity contribution in [2.75, 3.05) is 6.61 Å². The van der Waals surface area contributed by atoms with Crippen LogP contribution in [-0.2, 0) is 6.54 Å². The molecule has 0 bridgehead atoms. The number of nitrogens with two attached hydrogens (primary N) is 1. The Balaban J connectivity index is 1.62. The van der Waals surface area contributed by atoms with E-state index in [4.69, 9.17) is 10.5 Å². The van der Waals surface area contributed by atoms with Crippen molar-refractivity contribution in [2.24, 2.45) is 22.6 Å². The molecule has 1 unspecified atom stereocenters. The molecule has 1 heterocycles. The summed E-state index contributed by atoms with van der Waals surface area (Å²) in [6.07, 6.45) is 10.5. The Bertz CT molecular complexity index is 700. The van der Waals surface area contributed by atoms with Gasteiger partial charge in [0.05, 0.1) is 13.2 Å². The lowest BCUT2D eigenvalue weighted by Gasteiger charge is -2.16. The van der Waals surface area contributed by atoms with Crippen LogP contribution in [0.3, 0.4) is 0 Å². The van der Waals surface area contributed by atoms with E-state index in [1.807, 2.05) is 12.1 Å². The summed E-state index contributed by atoms with van der Waals surface area (Å²) < 4.78 is 6.16. The molecule has 0 spiro atoms. The van der Waals surface area contributed by atoms with Gasteiger partial charge in [-0.15, -0.1) is 0 Å². The average Bonchev–Trinajstić information content (AvgIpc) is 2.82. The SMILES string of the molecule is C=Cc1cc(OCC2CCC/C(=C/C(C)C)CC2)cc2c1C(N)=NC2. The minimum Gasteiger partial charge on any atom is -0.493 e. The third-order valence-corrected chi connectivity index (χ3v) is 5.16. The highest BCUT2D eigenvalue weighted by atomic mass is 16.5. The lowest BCUT2D eigenvalue weighted by Crippen LogP contribution is -2.14. The van der Waals surface area contributed by atoms with Crippen molar-refractivity contribution in [3.63, 3.8) is 0 Å². The number of nitrogens with zero attached hydrogens (tertiary/aromatic N) is 1. The first-order valence-electron chi connectivity index (χ1n) is 9.49. The molecule has 1 fully saturated rings. The summed E-state index contributed by atoms with van der Waals surface area (Å²) in [5, 5.41) is 0. The highest BCUT2D eigenvalue weighted by Crippen LogP contribution is 2.31. The fraction of sp³-hybridized carbons (Fsp3) is 0.500. The van der Waals surface area contributed by atoms with E-state index in [-0.39, 0.29) is 0 Å². The molecule has 1 aliphatic carbocycles. The van der Waals surface area contributed by atoms with Crippen molar-refractivity contribution in [3.8, 4) is 5.75 Å². The van der Waals surface area contributed by atoms with Crippen LogP contribution in [0.4, 0.5) is 0 Å². The van der Waals surface area contributed by atoms with Crippen molar-refractivity contribution >= 4 is 11.9 Å². The summed E-state index contributed by atoms with van der Waals surface area (Å²) in [6.45, 7) is 9.87. The van der Waals surface area contributed by atoms with E-state index in [0.29, 0.717) is 24.2 Å². The van der Waals surface area contributed by atoms with Crippen LogP contribution in [0.25, 0.3) is 6.08 Å². The molecule has 3 nitrogen and oxygen atoms in total. The number of hydrogen-bond donors (Lipinski definition) is 1. The fourth-order valence-electron chi connectivity index (χ4n) is 3.92. The van der Waals surface area contributed by atoms with Gasteiger partial charge in [-0.3, -0.25) is 4.99 Å². The summed E-state index contributed by atoms with van der Waals surface area (Å²) in [6, 6.07) is 4.13. The smallest absolute Gasteiger partial charge is 0.126 e. The number of hydrogen-bond acceptors (Lipinski definition) is 3. The quantitative estimate of drug-likeness (QED) is 0.600. The molecule has 0 radical (unpaired) electrons. The number of benzene rings is 1. The first kappa shape index (κ1) is 17.8. The van der Waals surface area contributed by atoms with Crippen LogP contribution in [0.1, 0.15) is 62.6 Å². The van der Waals surface area contributed by atoms with Crippen LogP contribution in [-0.4, -0.2) is 12.4 Å². The topological polar surface area (TPSA) is 47.6 Å². The number of ether oxygens (including phenoxy) is 1. The maximum absolute atomic E-state index is 6.16. The second-order valence-corrected chi connectivity index (χ2v) is 7.63. The van der Waals surface area contributed by atoms with Gasteiger partial charge in [0.25, 0.3) is 0 Å². The molecule has 1 aliphatic heterocycles.